The fourth-order valence-electron chi connectivity index (χ4n) is 1.56. The maximum Gasteiger partial charge on any atom is 0.269 e. The number of pyridine rings is 1. The van der Waals surface area contributed by atoms with Crippen LogP contribution < -0.4 is 5.32 Å². The fourth-order valence-corrected chi connectivity index (χ4v) is 1.56. The van der Waals surface area contributed by atoms with Crippen LogP contribution in [0.4, 0.5) is 0 Å². The first-order chi connectivity index (χ1) is 8.63. The van der Waals surface area contributed by atoms with Crippen LogP contribution in [-0.4, -0.2) is 17.4 Å². The summed E-state index contributed by atoms with van der Waals surface area (Å²) >= 11 is 0. The molecule has 1 amide bonds. The van der Waals surface area contributed by atoms with Crippen LogP contribution in [-0.2, 0) is 0 Å². The molecule has 0 radical (unpaired) electrons. The van der Waals surface area contributed by atoms with Crippen LogP contribution in [0.25, 0.3) is 0 Å². The van der Waals surface area contributed by atoms with Crippen molar-refractivity contribution in [2.75, 3.05) is 6.54 Å². The average molecular weight is 245 g/mol. The van der Waals surface area contributed by atoms with Crippen LogP contribution >= 0.6 is 0 Å². The van der Waals surface area contributed by atoms with E-state index in [1.807, 2.05) is 6.07 Å². The van der Waals surface area contributed by atoms with Crippen molar-refractivity contribution >= 4 is 5.91 Å². The molecular formula is C14H19N3O. The maximum atomic E-state index is 11.7. The van der Waals surface area contributed by atoms with Gasteiger partial charge < -0.3 is 5.32 Å². The Bertz CT molecular complexity index is 418. The van der Waals surface area contributed by atoms with Crippen LogP contribution in [0.1, 0.15) is 49.2 Å². The minimum absolute atomic E-state index is 0.177. The number of nitrogens with zero attached hydrogens (tertiary/aromatic N) is 2. The highest BCUT2D eigenvalue weighted by atomic mass is 16.1. The third-order valence-corrected chi connectivity index (χ3v) is 2.62. The second-order valence-electron chi connectivity index (χ2n) is 4.69. The Morgan fingerprint density at radius 1 is 1.44 bits per heavy atom. The average Bonchev–Trinajstić information content (AvgIpc) is 2.38. The summed E-state index contributed by atoms with van der Waals surface area (Å²) in [7, 11) is 0. The molecule has 0 saturated heterocycles. The second-order valence-corrected chi connectivity index (χ2v) is 4.69. The molecule has 4 heteroatoms. The van der Waals surface area contributed by atoms with Gasteiger partial charge >= 0.3 is 0 Å². The Morgan fingerprint density at radius 3 is 2.78 bits per heavy atom. The fraction of sp³-hybridized carbons (Fsp3) is 0.500. The standard InChI is InChI=1S/C14H19N3O/c1-11(2)5-3-4-8-16-14(18)13-7-6-12(9-15)10-17-13/h6-7,10-11H,3-5,8H2,1-2H3,(H,16,18). The first-order valence-corrected chi connectivity index (χ1v) is 6.28. The molecule has 96 valence electrons. The van der Waals surface area contributed by atoms with E-state index >= 15 is 0 Å². The molecule has 0 aliphatic rings. The number of rotatable bonds is 6. The number of hydrogen-bond acceptors (Lipinski definition) is 3. The minimum atomic E-state index is -0.177. The Balaban J connectivity index is 2.30. The molecule has 0 atom stereocenters. The van der Waals surface area contributed by atoms with E-state index in [0.717, 1.165) is 12.8 Å². The van der Waals surface area contributed by atoms with E-state index < -0.39 is 0 Å². The highest BCUT2D eigenvalue weighted by Crippen LogP contribution is 2.05. The van der Waals surface area contributed by atoms with Crippen molar-refractivity contribution in [2.24, 2.45) is 5.92 Å². The van der Waals surface area contributed by atoms with Crippen molar-refractivity contribution in [1.82, 2.24) is 10.3 Å². The van der Waals surface area contributed by atoms with Crippen LogP contribution in [0.3, 0.4) is 0 Å². The molecule has 0 unspecified atom stereocenters. The summed E-state index contributed by atoms with van der Waals surface area (Å²) in [5, 5.41) is 11.4. The molecular weight excluding hydrogens is 226 g/mol. The molecule has 0 bridgehead atoms. The van der Waals surface area contributed by atoms with Gasteiger partial charge in [0.25, 0.3) is 5.91 Å². The Morgan fingerprint density at radius 2 is 2.22 bits per heavy atom. The lowest BCUT2D eigenvalue weighted by atomic mass is 10.1. The normalized spacial score (nSPS) is 10.1. The molecule has 0 aliphatic heterocycles. The number of carbonyl (C=O) groups excluding carboxylic acids is 1. The summed E-state index contributed by atoms with van der Waals surface area (Å²) in [4.78, 5) is 15.6. The van der Waals surface area contributed by atoms with Crippen molar-refractivity contribution < 1.29 is 4.79 Å². The van der Waals surface area contributed by atoms with Crippen LogP contribution in [0, 0.1) is 17.2 Å². The van der Waals surface area contributed by atoms with E-state index in [2.05, 4.69) is 24.1 Å². The van der Waals surface area contributed by atoms with Gasteiger partial charge in [0.2, 0.25) is 0 Å². The zero-order valence-electron chi connectivity index (χ0n) is 10.9. The van der Waals surface area contributed by atoms with E-state index in [-0.39, 0.29) is 5.91 Å². The number of nitriles is 1. The first-order valence-electron chi connectivity index (χ1n) is 6.28. The number of aromatic nitrogens is 1. The van der Waals surface area contributed by atoms with E-state index in [9.17, 15) is 4.79 Å². The molecule has 0 aromatic carbocycles. The van der Waals surface area contributed by atoms with Gasteiger partial charge in [-0.15, -0.1) is 0 Å². The lowest BCUT2D eigenvalue weighted by Gasteiger charge is -2.06. The number of amides is 1. The molecule has 1 aromatic heterocycles. The van der Waals surface area contributed by atoms with E-state index in [0.29, 0.717) is 23.7 Å². The number of carbonyl (C=O) groups is 1. The molecule has 1 rings (SSSR count). The van der Waals surface area contributed by atoms with E-state index in [1.165, 1.54) is 12.6 Å². The Labute approximate surface area is 108 Å². The quantitative estimate of drug-likeness (QED) is 0.783. The smallest absolute Gasteiger partial charge is 0.269 e. The predicted molar refractivity (Wildman–Crippen MR) is 70.0 cm³/mol. The van der Waals surface area contributed by atoms with Gasteiger partial charge in [-0.25, -0.2) is 4.98 Å². The predicted octanol–water partition coefficient (Wildman–Crippen LogP) is 2.51. The lowest BCUT2D eigenvalue weighted by Crippen LogP contribution is -2.25. The molecule has 1 heterocycles. The molecule has 0 saturated carbocycles. The Kier molecular flexibility index (Phi) is 5.86. The van der Waals surface area contributed by atoms with Crippen molar-refractivity contribution in [2.45, 2.75) is 33.1 Å². The summed E-state index contributed by atoms with van der Waals surface area (Å²) in [6, 6.07) is 5.14. The zero-order valence-corrected chi connectivity index (χ0v) is 10.9. The summed E-state index contributed by atoms with van der Waals surface area (Å²) in [6.45, 7) is 5.06. The van der Waals surface area contributed by atoms with E-state index in [1.54, 1.807) is 12.1 Å². The highest BCUT2D eigenvalue weighted by Gasteiger charge is 2.05. The largest absolute Gasteiger partial charge is 0.351 e. The third-order valence-electron chi connectivity index (χ3n) is 2.62. The summed E-state index contributed by atoms with van der Waals surface area (Å²) in [5.41, 5.74) is 0.821. The summed E-state index contributed by atoms with van der Waals surface area (Å²) in [6.07, 6.45) is 4.71. The van der Waals surface area contributed by atoms with Gasteiger partial charge in [0.15, 0.2) is 0 Å². The first kappa shape index (κ1) is 14.2. The summed E-state index contributed by atoms with van der Waals surface area (Å²) < 4.78 is 0. The molecule has 0 aliphatic carbocycles. The van der Waals surface area contributed by atoms with Crippen LogP contribution in [0.15, 0.2) is 18.3 Å². The molecule has 0 spiro atoms. The van der Waals surface area contributed by atoms with Gasteiger partial charge in [-0.2, -0.15) is 5.26 Å². The molecule has 1 N–H and O–H groups in total. The monoisotopic (exact) mass is 245 g/mol. The molecule has 4 nitrogen and oxygen atoms in total. The zero-order chi connectivity index (χ0) is 13.4. The van der Waals surface area contributed by atoms with Crippen molar-refractivity contribution in [3.05, 3.63) is 29.6 Å². The van der Waals surface area contributed by atoms with Gasteiger partial charge in [-0.1, -0.05) is 26.7 Å². The van der Waals surface area contributed by atoms with Gasteiger partial charge in [-0.05, 0) is 24.5 Å². The van der Waals surface area contributed by atoms with Crippen molar-refractivity contribution in [3.8, 4) is 6.07 Å². The second kappa shape index (κ2) is 7.44. The lowest BCUT2D eigenvalue weighted by molar-refractivity contribution is 0.0948. The van der Waals surface area contributed by atoms with Gasteiger partial charge in [0.1, 0.15) is 11.8 Å². The van der Waals surface area contributed by atoms with Crippen LogP contribution in [0.5, 0.6) is 0 Å². The third kappa shape index (κ3) is 4.96. The number of unbranched alkanes of at least 4 members (excludes halogenated alkanes) is 1. The number of hydrogen-bond donors (Lipinski definition) is 1. The highest BCUT2D eigenvalue weighted by molar-refractivity contribution is 5.92. The van der Waals surface area contributed by atoms with Crippen molar-refractivity contribution in [3.63, 3.8) is 0 Å². The van der Waals surface area contributed by atoms with Crippen molar-refractivity contribution in [1.29, 1.82) is 5.26 Å². The molecule has 18 heavy (non-hydrogen) atoms. The van der Waals surface area contributed by atoms with E-state index in [4.69, 9.17) is 5.26 Å². The SMILES string of the molecule is CC(C)CCCCNC(=O)c1ccc(C#N)cn1. The maximum absolute atomic E-state index is 11.7. The van der Waals surface area contributed by atoms with Gasteiger partial charge in [0, 0.05) is 12.7 Å². The molecule has 0 fully saturated rings. The summed E-state index contributed by atoms with van der Waals surface area (Å²) in [5.74, 6) is 0.532. The Hall–Kier alpha value is -1.89. The van der Waals surface area contributed by atoms with Crippen LogP contribution in [0.2, 0.25) is 0 Å². The van der Waals surface area contributed by atoms with Gasteiger partial charge in [-0.3, -0.25) is 4.79 Å². The number of nitrogens with one attached hydrogen (secondary N) is 1. The van der Waals surface area contributed by atoms with Gasteiger partial charge in [0.05, 0.1) is 5.56 Å². The minimum Gasteiger partial charge on any atom is -0.351 e. The topological polar surface area (TPSA) is 65.8 Å². The molecule has 1 aromatic rings.